The third kappa shape index (κ3) is 2.63. The van der Waals surface area contributed by atoms with Crippen molar-refractivity contribution in [1.82, 2.24) is 19.8 Å². The molecule has 2 aromatic rings. The summed E-state index contributed by atoms with van der Waals surface area (Å²) in [6.45, 7) is 7.77. The van der Waals surface area contributed by atoms with Gasteiger partial charge in [0, 0.05) is 18.5 Å². The number of carbonyl (C=O) groups excluding carboxylic acids is 1. The zero-order chi connectivity index (χ0) is 15.9. The number of aromatic nitrogens is 4. The first kappa shape index (κ1) is 14.7. The molecule has 1 atom stereocenters. The van der Waals surface area contributed by atoms with E-state index < -0.39 is 0 Å². The average Bonchev–Trinajstić information content (AvgIpc) is 2.90. The predicted molar refractivity (Wildman–Crippen MR) is 83.6 cm³/mol. The lowest BCUT2D eigenvalue weighted by molar-refractivity contribution is -0.122. The van der Waals surface area contributed by atoms with Gasteiger partial charge in [0.2, 0.25) is 5.91 Å². The third-order valence-electron chi connectivity index (χ3n) is 4.07. The van der Waals surface area contributed by atoms with Crippen LogP contribution in [0, 0.1) is 5.92 Å². The van der Waals surface area contributed by atoms with Crippen LogP contribution >= 0.6 is 0 Å². The summed E-state index contributed by atoms with van der Waals surface area (Å²) < 4.78 is 1.79. The first-order valence-corrected chi connectivity index (χ1v) is 7.63. The van der Waals surface area contributed by atoms with Crippen molar-refractivity contribution in [2.24, 2.45) is 11.7 Å². The van der Waals surface area contributed by atoms with Crippen LogP contribution in [0.4, 0.5) is 5.82 Å². The quantitative estimate of drug-likeness (QED) is 0.898. The van der Waals surface area contributed by atoms with E-state index in [2.05, 4.69) is 41.0 Å². The van der Waals surface area contributed by atoms with Crippen LogP contribution in [0.2, 0.25) is 0 Å². The molecule has 0 radical (unpaired) electrons. The lowest BCUT2D eigenvalue weighted by Crippen LogP contribution is -2.41. The monoisotopic (exact) mass is 302 g/mol. The number of carbonyl (C=O) groups is 1. The fourth-order valence-corrected chi connectivity index (χ4v) is 2.83. The second kappa shape index (κ2) is 5.23. The molecule has 1 fully saturated rings. The van der Waals surface area contributed by atoms with Gasteiger partial charge in [-0.25, -0.2) is 0 Å². The SMILES string of the molecule is CC(C)(C)c1nnc2ccc(N3CCCC(C(N)=O)C3)nn12. The Morgan fingerprint density at radius 3 is 2.77 bits per heavy atom. The van der Waals surface area contributed by atoms with Gasteiger partial charge in [-0.05, 0) is 25.0 Å². The molecule has 2 N–H and O–H groups in total. The lowest BCUT2D eigenvalue weighted by atomic mass is 9.96. The Hall–Kier alpha value is -2.18. The molecule has 0 bridgehead atoms. The molecule has 1 unspecified atom stereocenters. The fraction of sp³-hybridized carbons (Fsp3) is 0.600. The van der Waals surface area contributed by atoms with Crippen LogP contribution < -0.4 is 10.6 Å². The molecule has 1 aliphatic heterocycles. The smallest absolute Gasteiger partial charge is 0.222 e. The number of piperidine rings is 1. The molecule has 0 saturated carbocycles. The van der Waals surface area contributed by atoms with Crippen LogP contribution in [-0.2, 0) is 10.2 Å². The second-order valence-electron chi connectivity index (χ2n) is 6.92. The first-order chi connectivity index (χ1) is 10.4. The summed E-state index contributed by atoms with van der Waals surface area (Å²) in [6, 6.07) is 3.85. The highest BCUT2D eigenvalue weighted by Crippen LogP contribution is 2.24. The largest absolute Gasteiger partial charge is 0.369 e. The van der Waals surface area contributed by atoms with Crippen molar-refractivity contribution in [3.8, 4) is 0 Å². The van der Waals surface area contributed by atoms with E-state index in [4.69, 9.17) is 5.73 Å². The number of amides is 1. The summed E-state index contributed by atoms with van der Waals surface area (Å²) in [7, 11) is 0. The Labute approximate surface area is 129 Å². The van der Waals surface area contributed by atoms with E-state index in [0.717, 1.165) is 36.7 Å². The average molecular weight is 302 g/mol. The Morgan fingerprint density at radius 1 is 1.32 bits per heavy atom. The maximum Gasteiger partial charge on any atom is 0.222 e. The number of hydrogen-bond donors (Lipinski definition) is 1. The van der Waals surface area contributed by atoms with Crippen LogP contribution in [0.3, 0.4) is 0 Å². The highest BCUT2D eigenvalue weighted by molar-refractivity contribution is 5.77. The molecule has 7 nitrogen and oxygen atoms in total. The summed E-state index contributed by atoms with van der Waals surface area (Å²) >= 11 is 0. The second-order valence-corrected chi connectivity index (χ2v) is 6.92. The van der Waals surface area contributed by atoms with Gasteiger partial charge in [0.1, 0.15) is 5.82 Å². The topological polar surface area (TPSA) is 89.4 Å². The maximum absolute atomic E-state index is 11.4. The first-order valence-electron chi connectivity index (χ1n) is 7.63. The molecule has 0 spiro atoms. The van der Waals surface area contributed by atoms with E-state index in [1.165, 1.54) is 0 Å². The Morgan fingerprint density at radius 2 is 2.09 bits per heavy atom. The molecule has 22 heavy (non-hydrogen) atoms. The molecule has 0 aliphatic carbocycles. The number of primary amides is 1. The Bertz CT molecular complexity index is 702. The van der Waals surface area contributed by atoms with Gasteiger partial charge in [-0.1, -0.05) is 20.8 Å². The predicted octanol–water partition coefficient (Wildman–Crippen LogP) is 1.12. The maximum atomic E-state index is 11.4. The summed E-state index contributed by atoms with van der Waals surface area (Å²) in [5.41, 5.74) is 6.05. The molecule has 2 aromatic heterocycles. The van der Waals surface area contributed by atoms with E-state index in [1.807, 2.05) is 12.1 Å². The van der Waals surface area contributed by atoms with E-state index in [-0.39, 0.29) is 17.2 Å². The van der Waals surface area contributed by atoms with Crippen LogP contribution in [0.1, 0.15) is 39.4 Å². The number of hydrogen-bond acceptors (Lipinski definition) is 5. The van der Waals surface area contributed by atoms with Gasteiger partial charge in [0.25, 0.3) is 0 Å². The van der Waals surface area contributed by atoms with Gasteiger partial charge < -0.3 is 10.6 Å². The van der Waals surface area contributed by atoms with Crippen molar-refractivity contribution in [2.75, 3.05) is 18.0 Å². The summed E-state index contributed by atoms with van der Waals surface area (Å²) in [5.74, 6) is 1.33. The number of nitrogens with zero attached hydrogens (tertiary/aromatic N) is 5. The highest BCUT2D eigenvalue weighted by atomic mass is 16.1. The molecule has 1 amide bonds. The van der Waals surface area contributed by atoms with Crippen LogP contribution in [0.5, 0.6) is 0 Å². The summed E-state index contributed by atoms with van der Waals surface area (Å²) in [6.07, 6.45) is 1.80. The summed E-state index contributed by atoms with van der Waals surface area (Å²) in [4.78, 5) is 13.6. The van der Waals surface area contributed by atoms with Gasteiger partial charge in [-0.15, -0.1) is 15.3 Å². The number of fused-ring (bicyclic) bond motifs is 1. The van der Waals surface area contributed by atoms with Crippen molar-refractivity contribution < 1.29 is 4.79 Å². The number of anilines is 1. The molecule has 118 valence electrons. The molecule has 1 saturated heterocycles. The molecule has 3 heterocycles. The minimum absolute atomic E-state index is 0.103. The molecular weight excluding hydrogens is 280 g/mol. The highest BCUT2D eigenvalue weighted by Gasteiger charge is 2.26. The van der Waals surface area contributed by atoms with Crippen molar-refractivity contribution in [3.05, 3.63) is 18.0 Å². The van der Waals surface area contributed by atoms with E-state index in [1.54, 1.807) is 4.52 Å². The van der Waals surface area contributed by atoms with Crippen molar-refractivity contribution in [2.45, 2.75) is 39.0 Å². The minimum Gasteiger partial charge on any atom is -0.369 e. The van der Waals surface area contributed by atoms with Crippen LogP contribution in [-0.4, -0.2) is 38.8 Å². The number of rotatable bonds is 2. The molecule has 1 aliphatic rings. The lowest BCUT2D eigenvalue weighted by Gasteiger charge is -2.32. The zero-order valence-electron chi connectivity index (χ0n) is 13.3. The Balaban J connectivity index is 1.96. The van der Waals surface area contributed by atoms with Gasteiger partial charge in [0.15, 0.2) is 11.5 Å². The van der Waals surface area contributed by atoms with Gasteiger partial charge in [-0.3, -0.25) is 4.79 Å². The van der Waals surface area contributed by atoms with Crippen LogP contribution in [0.25, 0.3) is 5.65 Å². The summed E-state index contributed by atoms with van der Waals surface area (Å²) in [5, 5.41) is 13.1. The molecule has 7 heteroatoms. The van der Waals surface area contributed by atoms with Gasteiger partial charge >= 0.3 is 0 Å². The zero-order valence-corrected chi connectivity index (χ0v) is 13.3. The van der Waals surface area contributed by atoms with E-state index >= 15 is 0 Å². The van der Waals surface area contributed by atoms with E-state index in [9.17, 15) is 4.79 Å². The standard InChI is InChI=1S/C15H22N6O/c1-15(2,3)14-18-17-11-6-7-12(19-21(11)14)20-8-4-5-10(9-20)13(16)22/h6-7,10H,4-5,8-9H2,1-3H3,(H2,16,22). The minimum atomic E-state index is -0.231. The molecule has 0 aromatic carbocycles. The molecular formula is C15H22N6O. The third-order valence-corrected chi connectivity index (χ3v) is 4.07. The van der Waals surface area contributed by atoms with Gasteiger partial charge in [0.05, 0.1) is 5.92 Å². The van der Waals surface area contributed by atoms with E-state index in [0.29, 0.717) is 6.54 Å². The fourth-order valence-electron chi connectivity index (χ4n) is 2.83. The van der Waals surface area contributed by atoms with Crippen molar-refractivity contribution >= 4 is 17.4 Å². The Kier molecular flexibility index (Phi) is 3.50. The van der Waals surface area contributed by atoms with Crippen LogP contribution in [0.15, 0.2) is 12.1 Å². The molecule has 3 rings (SSSR count). The van der Waals surface area contributed by atoms with Crippen molar-refractivity contribution in [3.63, 3.8) is 0 Å². The van der Waals surface area contributed by atoms with Crippen molar-refractivity contribution in [1.29, 1.82) is 0 Å². The number of nitrogens with two attached hydrogens (primary N) is 1. The normalized spacial score (nSPS) is 19.6. The van der Waals surface area contributed by atoms with Gasteiger partial charge in [-0.2, -0.15) is 4.52 Å².